The molecule has 15 nitrogen and oxygen atoms in total. The number of carbonyl (C=O) groups is 3. The molecule has 4 N–H and O–H groups in total. The third kappa shape index (κ3) is 10.7. The van der Waals surface area contributed by atoms with Crippen LogP contribution in [0.3, 0.4) is 0 Å². The molecule has 6 rings (SSSR count). The number of unbranched alkanes of at least 4 members (excludes halogenated alkanes) is 2. The van der Waals surface area contributed by atoms with E-state index >= 15 is 4.39 Å². The van der Waals surface area contributed by atoms with Gasteiger partial charge in [0.2, 0.25) is 5.91 Å². The SMILES string of the molecule is CC[C@@]1(O)C(=O)OCc2c1cc1n(c2=O)Cc2c-1nc1cc(F)c(C)c3c1c2[C@@H](NC(=O)COP(=O)(NCCSSC(C)(C)C)OCCCCCNC(=O)OC(C)(C)C)CC3. The Kier molecular flexibility index (Phi) is 14.4. The fourth-order valence-corrected chi connectivity index (χ4v) is 11.4. The van der Waals surface area contributed by atoms with Crippen LogP contribution in [0.5, 0.6) is 0 Å². The van der Waals surface area contributed by atoms with Gasteiger partial charge in [0.25, 0.3) is 5.56 Å². The van der Waals surface area contributed by atoms with Crippen molar-refractivity contribution in [3.63, 3.8) is 0 Å². The molecule has 61 heavy (non-hydrogen) atoms. The van der Waals surface area contributed by atoms with Crippen molar-refractivity contribution in [3.05, 3.63) is 61.7 Å². The van der Waals surface area contributed by atoms with E-state index in [0.717, 1.165) is 5.56 Å². The Morgan fingerprint density at radius 1 is 1.08 bits per heavy atom. The van der Waals surface area contributed by atoms with E-state index < -0.39 is 60.9 Å². The highest BCUT2D eigenvalue weighted by molar-refractivity contribution is 8.77. The van der Waals surface area contributed by atoms with Crippen molar-refractivity contribution in [2.45, 2.75) is 129 Å². The highest BCUT2D eigenvalue weighted by atomic mass is 33.1. The van der Waals surface area contributed by atoms with Gasteiger partial charge in [-0.3, -0.25) is 18.6 Å². The molecule has 334 valence electrons. The molecule has 4 heterocycles. The minimum atomic E-state index is -3.97. The number of aromatic nitrogens is 2. The van der Waals surface area contributed by atoms with Gasteiger partial charge in [-0.05, 0) is 89.0 Å². The van der Waals surface area contributed by atoms with Gasteiger partial charge >= 0.3 is 19.8 Å². The fraction of sp³-hybridized carbons (Fsp3) is 0.595. The second-order valence-electron chi connectivity index (χ2n) is 17.5. The number of halogens is 1. The van der Waals surface area contributed by atoms with E-state index in [-0.39, 0.29) is 42.1 Å². The number of nitrogens with zero attached hydrogens (tertiary/aromatic N) is 2. The molecule has 0 saturated carbocycles. The Balaban J connectivity index is 1.19. The Morgan fingerprint density at radius 2 is 1.84 bits per heavy atom. The standard InChI is InChI=1S/C42H57FN5O10PS2/c1-9-42(53)28-19-32-36-26(21-48(32)37(50)27(28)22-55-38(42)51)35-30(14-13-25-24(2)29(43)20-31(47-36)34(25)35)46-33(49)23-57-59(54,45-16-18-60-61-41(6,7)8)56-17-12-10-11-15-44-39(52)58-40(3,4)5/h19-20,30,53H,9-18,21-23H2,1-8H3,(H,44,52)(H,45,54)(H,46,49)/t30-,42-,59?/m0/s1. The van der Waals surface area contributed by atoms with Crippen LogP contribution in [0.15, 0.2) is 16.9 Å². The predicted octanol–water partition coefficient (Wildman–Crippen LogP) is 7.24. The number of amides is 2. The van der Waals surface area contributed by atoms with Gasteiger partial charge in [-0.15, -0.1) is 0 Å². The van der Waals surface area contributed by atoms with Crippen LogP contribution >= 0.6 is 29.3 Å². The molecule has 0 bridgehead atoms. The lowest BCUT2D eigenvalue weighted by Gasteiger charge is -2.31. The summed E-state index contributed by atoms with van der Waals surface area (Å²) in [6, 6.07) is 2.33. The summed E-state index contributed by atoms with van der Waals surface area (Å²) in [4.78, 5) is 57.3. The van der Waals surface area contributed by atoms with Gasteiger partial charge in [0.15, 0.2) is 5.60 Å². The first-order valence-electron chi connectivity index (χ1n) is 20.7. The number of carbonyl (C=O) groups excluding carboxylic acids is 3. The number of nitrogens with one attached hydrogen (secondary N) is 3. The maximum atomic E-state index is 15.4. The van der Waals surface area contributed by atoms with Crippen LogP contribution < -0.4 is 21.3 Å². The van der Waals surface area contributed by atoms with Gasteiger partial charge in [-0.2, -0.15) is 0 Å². The molecule has 19 heteroatoms. The van der Waals surface area contributed by atoms with Gasteiger partial charge in [0.1, 0.15) is 24.6 Å². The van der Waals surface area contributed by atoms with E-state index in [0.29, 0.717) is 89.9 Å². The Bertz CT molecular complexity index is 2310. The topological polar surface area (TPSA) is 196 Å². The summed E-state index contributed by atoms with van der Waals surface area (Å²) in [5.74, 6) is -1.24. The number of rotatable bonds is 17. The highest BCUT2D eigenvalue weighted by Crippen LogP contribution is 2.47. The average molecular weight is 906 g/mol. The summed E-state index contributed by atoms with van der Waals surface area (Å²) < 4.78 is 53.0. The van der Waals surface area contributed by atoms with Crippen LogP contribution in [0.25, 0.3) is 22.3 Å². The number of hydrogen-bond donors (Lipinski definition) is 4. The largest absolute Gasteiger partial charge is 0.458 e. The van der Waals surface area contributed by atoms with Gasteiger partial charge < -0.3 is 29.8 Å². The number of benzene rings is 1. The highest BCUT2D eigenvalue weighted by Gasteiger charge is 2.46. The molecular weight excluding hydrogens is 849 g/mol. The number of aryl methyl sites for hydroxylation is 1. The summed E-state index contributed by atoms with van der Waals surface area (Å²) in [6.45, 7) is 15.0. The van der Waals surface area contributed by atoms with E-state index in [4.69, 9.17) is 23.5 Å². The first-order valence-corrected chi connectivity index (χ1v) is 24.5. The molecule has 1 aliphatic carbocycles. The quantitative estimate of drug-likeness (QED) is 0.0358. The summed E-state index contributed by atoms with van der Waals surface area (Å²) in [6.07, 6.45) is 2.14. The number of cyclic esters (lactones) is 1. The lowest BCUT2D eigenvalue weighted by molar-refractivity contribution is -0.172. The van der Waals surface area contributed by atoms with Crippen molar-refractivity contribution in [3.8, 4) is 11.4 Å². The summed E-state index contributed by atoms with van der Waals surface area (Å²) in [5.41, 5.74) is 0.929. The Hall–Kier alpha value is -3.51. The predicted molar refractivity (Wildman–Crippen MR) is 234 cm³/mol. The Labute approximate surface area is 363 Å². The van der Waals surface area contributed by atoms with Crippen molar-refractivity contribution in [2.24, 2.45) is 0 Å². The van der Waals surface area contributed by atoms with E-state index in [1.807, 2.05) is 0 Å². The lowest BCUT2D eigenvalue weighted by Crippen LogP contribution is -2.44. The number of esters is 1. The van der Waals surface area contributed by atoms with E-state index in [1.165, 1.54) is 10.6 Å². The zero-order valence-electron chi connectivity index (χ0n) is 36.1. The number of pyridine rings is 2. The van der Waals surface area contributed by atoms with Crippen molar-refractivity contribution in [2.75, 3.05) is 32.1 Å². The molecule has 2 aliphatic heterocycles. The minimum absolute atomic E-state index is 0.0210. The summed E-state index contributed by atoms with van der Waals surface area (Å²) in [5, 5.41) is 20.7. The number of alkyl carbamates (subject to hydrolysis) is 1. The first kappa shape index (κ1) is 47.0. The number of fused-ring (bicyclic) bond motifs is 5. The van der Waals surface area contributed by atoms with Gasteiger partial charge in [-0.25, -0.2) is 28.6 Å². The molecule has 1 aromatic carbocycles. The fourth-order valence-electron chi connectivity index (χ4n) is 7.74. The molecule has 1 unspecified atom stereocenters. The van der Waals surface area contributed by atoms with Crippen LogP contribution in [0.2, 0.25) is 0 Å². The third-order valence-corrected chi connectivity index (χ3v) is 15.6. The maximum absolute atomic E-state index is 15.4. The second-order valence-corrected chi connectivity index (χ2v) is 22.6. The smallest absolute Gasteiger partial charge is 0.407 e. The van der Waals surface area contributed by atoms with Gasteiger partial charge in [0.05, 0.1) is 41.7 Å². The number of ether oxygens (including phenoxy) is 2. The van der Waals surface area contributed by atoms with Crippen LogP contribution in [0.1, 0.15) is 120 Å². The van der Waals surface area contributed by atoms with Crippen molar-refractivity contribution >= 4 is 58.2 Å². The van der Waals surface area contributed by atoms with Crippen LogP contribution in [-0.2, 0) is 57.8 Å². The normalized spacial score (nSPS) is 19.1. The van der Waals surface area contributed by atoms with Gasteiger partial charge in [0, 0.05) is 46.2 Å². The Morgan fingerprint density at radius 3 is 2.54 bits per heavy atom. The minimum Gasteiger partial charge on any atom is -0.458 e. The number of aliphatic hydroxyl groups is 1. The summed E-state index contributed by atoms with van der Waals surface area (Å²) in [7, 11) is -0.661. The van der Waals surface area contributed by atoms with Crippen LogP contribution in [0, 0.1) is 12.7 Å². The third-order valence-electron chi connectivity index (χ3n) is 10.6. The molecule has 3 aromatic rings. The molecular formula is C42H57FN5O10PS2. The zero-order valence-corrected chi connectivity index (χ0v) is 38.6. The second kappa shape index (κ2) is 18.7. The van der Waals surface area contributed by atoms with E-state index in [1.54, 1.807) is 62.3 Å². The molecule has 3 aliphatic rings. The molecule has 2 amide bonds. The van der Waals surface area contributed by atoms with Gasteiger partial charge in [-0.1, -0.05) is 49.3 Å². The lowest BCUT2D eigenvalue weighted by atomic mass is 9.81. The van der Waals surface area contributed by atoms with Crippen molar-refractivity contribution in [1.29, 1.82) is 0 Å². The first-order chi connectivity index (χ1) is 28.6. The van der Waals surface area contributed by atoms with Crippen LogP contribution in [-0.4, -0.2) is 75.0 Å². The van der Waals surface area contributed by atoms with E-state index in [9.17, 15) is 28.8 Å². The van der Waals surface area contributed by atoms with Crippen molar-refractivity contribution < 1.29 is 47.0 Å². The molecule has 0 spiro atoms. The molecule has 3 atom stereocenters. The molecule has 0 saturated heterocycles. The summed E-state index contributed by atoms with van der Waals surface area (Å²) >= 11 is 0. The number of hydrogen-bond acceptors (Lipinski definition) is 13. The zero-order chi connectivity index (χ0) is 44.5. The molecule has 2 aromatic heterocycles. The molecule has 0 radical (unpaired) electrons. The molecule has 0 fully saturated rings. The average Bonchev–Trinajstić information content (AvgIpc) is 3.55. The monoisotopic (exact) mass is 905 g/mol. The maximum Gasteiger partial charge on any atom is 0.407 e. The van der Waals surface area contributed by atoms with E-state index in [2.05, 4.69) is 36.5 Å². The van der Waals surface area contributed by atoms with Crippen LogP contribution in [0.4, 0.5) is 9.18 Å². The van der Waals surface area contributed by atoms with Crippen molar-refractivity contribution in [1.82, 2.24) is 25.3 Å².